The van der Waals surface area contributed by atoms with Crippen molar-refractivity contribution in [2.24, 2.45) is 0 Å². The molecule has 1 aromatic rings. The van der Waals surface area contributed by atoms with Gasteiger partial charge < -0.3 is 15.0 Å². The molecule has 2 amide bonds. The topological polar surface area (TPSA) is 44.8 Å². The van der Waals surface area contributed by atoms with Gasteiger partial charge in [-0.05, 0) is 58.3 Å². The number of ether oxygens (including phenoxy) is 1. The molecule has 0 saturated carbocycles. The Labute approximate surface area is 138 Å². The van der Waals surface area contributed by atoms with Crippen molar-refractivity contribution in [2.75, 3.05) is 31.5 Å². The van der Waals surface area contributed by atoms with Crippen molar-refractivity contribution in [3.8, 4) is 5.75 Å². The normalized spacial score (nSPS) is 21.9. The molecule has 0 radical (unpaired) electrons. The van der Waals surface area contributed by atoms with E-state index in [-0.39, 0.29) is 12.1 Å². The fourth-order valence-corrected chi connectivity index (χ4v) is 3.45. The molecule has 23 heavy (non-hydrogen) atoms. The largest absolute Gasteiger partial charge is 0.489 e. The first-order valence-electron chi connectivity index (χ1n) is 8.69. The summed E-state index contributed by atoms with van der Waals surface area (Å²) < 4.78 is 5.77. The highest BCUT2D eigenvalue weighted by atomic mass is 16.5. The van der Waals surface area contributed by atoms with Crippen LogP contribution in [0.1, 0.15) is 33.1 Å². The lowest BCUT2D eigenvalue weighted by Gasteiger charge is -2.24. The first-order chi connectivity index (χ1) is 11.1. The van der Waals surface area contributed by atoms with Gasteiger partial charge >= 0.3 is 6.03 Å². The Morgan fingerprint density at radius 2 is 1.96 bits per heavy atom. The summed E-state index contributed by atoms with van der Waals surface area (Å²) in [5, 5.41) is 3.01. The second-order valence-electron chi connectivity index (χ2n) is 6.72. The Bertz CT molecular complexity index is 541. The first kappa shape index (κ1) is 16.1. The van der Waals surface area contributed by atoms with Gasteiger partial charge in [-0.2, -0.15) is 0 Å². The van der Waals surface area contributed by atoms with Crippen LogP contribution in [-0.2, 0) is 0 Å². The van der Waals surface area contributed by atoms with E-state index in [4.69, 9.17) is 4.74 Å². The molecular weight excluding hydrogens is 290 g/mol. The maximum absolute atomic E-state index is 12.6. The molecule has 0 unspecified atom stereocenters. The summed E-state index contributed by atoms with van der Waals surface area (Å²) in [6.07, 6.45) is 3.75. The minimum absolute atomic E-state index is 0.0218. The molecule has 0 bridgehead atoms. The second-order valence-corrected chi connectivity index (χ2v) is 6.72. The molecule has 2 aliphatic rings. The van der Waals surface area contributed by atoms with Gasteiger partial charge in [0.1, 0.15) is 5.75 Å². The van der Waals surface area contributed by atoms with Crippen LogP contribution in [0.5, 0.6) is 5.75 Å². The van der Waals surface area contributed by atoms with Crippen molar-refractivity contribution in [2.45, 2.75) is 45.3 Å². The molecule has 126 valence electrons. The van der Waals surface area contributed by atoms with Gasteiger partial charge in [0.05, 0.1) is 11.8 Å². The number of anilines is 1. The van der Waals surface area contributed by atoms with Crippen molar-refractivity contribution >= 4 is 11.7 Å². The molecule has 5 heteroatoms. The Hall–Kier alpha value is -1.75. The van der Waals surface area contributed by atoms with E-state index < -0.39 is 0 Å². The number of carbonyl (C=O) groups is 1. The highest BCUT2D eigenvalue weighted by Gasteiger charge is 2.31. The number of amides is 2. The van der Waals surface area contributed by atoms with Crippen molar-refractivity contribution in [1.29, 1.82) is 0 Å². The Kier molecular flexibility index (Phi) is 5.06. The lowest BCUT2D eigenvalue weighted by molar-refractivity contribution is 0.209. The van der Waals surface area contributed by atoms with Crippen LogP contribution in [0.4, 0.5) is 10.5 Å². The smallest absolute Gasteiger partial charge is 0.322 e. The van der Waals surface area contributed by atoms with Crippen LogP contribution >= 0.6 is 0 Å². The van der Waals surface area contributed by atoms with E-state index in [0.29, 0.717) is 6.04 Å². The fourth-order valence-electron chi connectivity index (χ4n) is 3.45. The maximum Gasteiger partial charge on any atom is 0.322 e. The van der Waals surface area contributed by atoms with Crippen LogP contribution < -0.4 is 10.1 Å². The number of nitrogens with one attached hydrogen (secondary N) is 1. The predicted octanol–water partition coefficient (Wildman–Crippen LogP) is 3.18. The summed E-state index contributed by atoms with van der Waals surface area (Å²) in [5.41, 5.74) is 0.746. The van der Waals surface area contributed by atoms with Gasteiger partial charge in [0, 0.05) is 19.1 Å². The van der Waals surface area contributed by atoms with Crippen LogP contribution in [-0.4, -0.2) is 54.2 Å². The molecule has 0 aromatic heterocycles. The van der Waals surface area contributed by atoms with Crippen LogP contribution in [0.25, 0.3) is 0 Å². The second kappa shape index (κ2) is 7.21. The number of likely N-dealkylation sites (tertiary alicyclic amines) is 2. The zero-order valence-electron chi connectivity index (χ0n) is 14.1. The van der Waals surface area contributed by atoms with E-state index in [9.17, 15) is 4.79 Å². The van der Waals surface area contributed by atoms with E-state index in [1.54, 1.807) is 0 Å². The number of hydrogen-bond acceptors (Lipinski definition) is 3. The minimum atomic E-state index is -0.0218. The summed E-state index contributed by atoms with van der Waals surface area (Å²) in [6, 6.07) is 8.14. The van der Waals surface area contributed by atoms with E-state index in [0.717, 1.165) is 30.9 Å². The third-order valence-electron chi connectivity index (χ3n) is 4.60. The summed E-state index contributed by atoms with van der Waals surface area (Å²) in [6.45, 7) is 8.01. The molecule has 5 nitrogen and oxygen atoms in total. The third kappa shape index (κ3) is 3.96. The van der Waals surface area contributed by atoms with E-state index in [2.05, 4.69) is 10.2 Å². The zero-order chi connectivity index (χ0) is 16.2. The van der Waals surface area contributed by atoms with Gasteiger partial charge in [-0.25, -0.2) is 4.79 Å². The predicted molar refractivity (Wildman–Crippen MR) is 92.0 cm³/mol. The van der Waals surface area contributed by atoms with Crippen LogP contribution in [0.15, 0.2) is 24.3 Å². The van der Waals surface area contributed by atoms with Crippen molar-refractivity contribution < 1.29 is 9.53 Å². The molecule has 0 spiro atoms. The number of para-hydroxylation sites is 2. The number of urea groups is 1. The Morgan fingerprint density at radius 3 is 2.70 bits per heavy atom. The van der Waals surface area contributed by atoms with Crippen molar-refractivity contribution in [3.05, 3.63) is 24.3 Å². The van der Waals surface area contributed by atoms with Crippen molar-refractivity contribution in [1.82, 2.24) is 9.80 Å². The van der Waals surface area contributed by atoms with Gasteiger partial charge in [-0.1, -0.05) is 12.1 Å². The number of hydrogen-bond donors (Lipinski definition) is 1. The van der Waals surface area contributed by atoms with Crippen LogP contribution in [0, 0.1) is 0 Å². The molecule has 1 aromatic carbocycles. The molecule has 3 rings (SSSR count). The lowest BCUT2D eigenvalue weighted by atomic mass is 10.2. The summed E-state index contributed by atoms with van der Waals surface area (Å²) in [4.78, 5) is 17.0. The maximum atomic E-state index is 12.6. The lowest BCUT2D eigenvalue weighted by Crippen LogP contribution is -2.38. The fraction of sp³-hybridized carbons (Fsp3) is 0.611. The number of rotatable bonds is 4. The average Bonchev–Trinajstić information content (AvgIpc) is 3.19. The molecule has 2 aliphatic heterocycles. The van der Waals surface area contributed by atoms with Gasteiger partial charge in [0.25, 0.3) is 0 Å². The summed E-state index contributed by atoms with van der Waals surface area (Å²) in [7, 11) is 0. The molecule has 2 saturated heterocycles. The molecule has 2 heterocycles. The molecule has 2 fully saturated rings. The SMILES string of the molecule is CC(C)Oc1ccccc1NC(=O)N1CC[C@@H](N2CCCC2)C1. The van der Waals surface area contributed by atoms with Gasteiger partial charge in [0.2, 0.25) is 0 Å². The Balaban J connectivity index is 1.59. The Morgan fingerprint density at radius 1 is 1.22 bits per heavy atom. The summed E-state index contributed by atoms with van der Waals surface area (Å²) in [5.74, 6) is 0.728. The zero-order valence-corrected chi connectivity index (χ0v) is 14.1. The van der Waals surface area contributed by atoms with Crippen LogP contribution in [0.3, 0.4) is 0 Å². The highest BCUT2D eigenvalue weighted by molar-refractivity contribution is 5.91. The van der Waals surface area contributed by atoms with Crippen LogP contribution in [0.2, 0.25) is 0 Å². The number of nitrogens with zero attached hydrogens (tertiary/aromatic N) is 2. The van der Waals surface area contributed by atoms with Gasteiger partial charge in [-0.3, -0.25) is 4.90 Å². The third-order valence-corrected chi connectivity index (χ3v) is 4.60. The van der Waals surface area contributed by atoms with Gasteiger partial charge in [-0.15, -0.1) is 0 Å². The first-order valence-corrected chi connectivity index (χ1v) is 8.69. The molecule has 1 N–H and O–H groups in total. The molecule has 1 atom stereocenters. The molecular formula is C18H27N3O2. The van der Waals surface area contributed by atoms with E-state index >= 15 is 0 Å². The quantitative estimate of drug-likeness (QED) is 0.927. The summed E-state index contributed by atoms with van der Waals surface area (Å²) >= 11 is 0. The van der Waals surface area contributed by atoms with Gasteiger partial charge in [0.15, 0.2) is 0 Å². The number of benzene rings is 1. The average molecular weight is 317 g/mol. The standard InChI is InChI=1S/C18H27N3O2/c1-14(2)23-17-8-4-3-7-16(17)19-18(22)21-12-9-15(13-21)20-10-5-6-11-20/h3-4,7-8,14-15H,5-6,9-13H2,1-2H3,(H,19,22)/t15-/m1/s1. The van der Waals surface area contributed by atoms with E-state index in [1.807, 2.05) is 43.0 Å². The number of carbonyl (C=O) groups excluding carboxylic acids is 1. The molecule has 0 aliphatic carbocycles. The van der Waals surface area contributed by atoms with E-state index in [1.165, 1.54) is 25.9 Å². The minimum Gasteiger partial charge on any atom is -0.489 e. The highest BCUT2D eigenvalue weighted by Crippen LogP contribution is 2.26. The van der Waals surface area contributed by atoms with Crippen molar-refractivity contribution in [3.63, 3.8) is 0 Å². The monoisotopic (exact) mass is 317 g/mol.